The molecule has 2 aliphatic heterocycles. The number of nitrogens with two attached hydrogens (primary N) is 2. The first-order valence-corrected chi connectivity index (χ1v) is 30.7. The van der Waals surface area contributed by atoms with Gasteiger partial charge >= 0.3 is 18.2 Å². The van der Waals surface area contributed by atoms with Crippen molar-refractivity contribution in [1.29, 1.82) is 0 Å². The number of primary amides is 1. The van der Waals surface area contributed by atoms with Gasteiger partial charge in [-0.3, -0.25) is 43.3 Å². The Balaban J connectivity index is 0.00000291. The lowest BCUT2D eigenvalue weighted by Gasteiger charge is -2.41. The van der Waals surface area contributed by atoms with E-state index in [0.29, 0.717) is 55.5 Å². The topological polar surface area (TPSA) is 352 Å². The van der Waals surface area contributed by atoms with Crippen LogP contribution in [-0.2, 0) is 64.0 Å². The highest BCUT2D eigenvalue weighted by Crippen LogP contribution is 2.31. The monoisotopic (exact) mass is 1290 g/mol. The first-order chi connectivity index (χ1) is 42.5. The maximum absolute atomic E-state index is 14.7. The number of ether oxygens (including phenoxy) is 3. The Morgan fingerprint density at radius 1 is 0.725 bits per heavy atom. The highest BCUT2D eigenvalue weighted by Gasteiger charge is 2.45. The first-order valence-electron chi connectivity index (χ1n) is 30.7. The summed E-state index contributed by atoms with van der Waals surface area (Å²) in [6, 6.07) is 8.83. The van der Waals surface area contributed by atoms with Gasteiger partial charge in [-0.05, 0) is 79.5 Å². The number of carboxylic acid groups (broad SMARTS) is 1. The molecule has 0 spiro atoms. The van der Waals surface area contributed by atoms with E-state index in [0.717, 1.165) is 0 Å². The summed E-state index contributed by atoms with van der Waals surface area (Å²) in [7, 11) is 6.11. The fourth-order valence-electron chi connectivity index (χ4n) is 11.4. The average Bonchev–Trinajstić information content (AvgIpc) is 1.86. The number of aliphatic hydroxyl groups is 1. The number of hydrogen-bond acceptors (Lipinski definition) is 15. The van der Waals surface area contributed by atoms with E-state index in [2.05, 4.69) is 21.3 Å². The molecule has 0 aromatic heterocycles. The fourth-order valence-corrected chi connectivity index (χ4v) is 11.4. The zero-order chi connectivity index (χ0) is 68.9. The van der Waals surface area contributed by atoms with Gasteiger partial charge in [0, 0.05) is 47.1 Å². The van der Waals surface area contributed by atoms with Gasteiger partial charge in [0.05, 0.1) is 61.2 Å². The number of amides is 9. The van der Waals surface area contributed by atoms with E-state index in [9.17, 15) is 61.4 Å². The minimum absolute atomic E-state index is 0.0791. The van der Waals surface area contributed by atoms with Crippen LogP contribution in [-0.4, -0.2) is 197 Å². The number of carbonyl (C=O) groups is 10. The summed E-state index contributed by atoms with van der Waals surface area (Å²) < 4.78 is 49.4. The molecule has 0 aliphatic carbocycles. The van der Waals surface area contributed by atoms with Gasteiger partial charge in [0.2, 0.25) is 47.3 Å². The van der Waals surface area contributed by atoms with Gasteiger partial charge in [-0.2, -0.15) is 13.2 Å². The van der Waals surface area contributed by atoms with Crippen LogP contribution in [0.25, 0.3) is 0 Å². The summed E-state index contributed by atoms with van der Waals surface area (Å²) >= 11 is 0. The van der Waals surface area contributed by atoms with Crippen molar-refractivity contribution in [3.63, 3.8) is 0 Å². The maximum atomic E-state index is 14.7. The predicted octanol–water partition coefficient (Wildman–Crippen LogP) is 4.49. The highest BCUT2D eigenvalue weighted by atomic mass is 19.4. The van der Waals surface area contributed by atoms with Crippen LogP contribution in [0.4, 0.5) is 23.7 Å². The average molecular weight is 1290 g/mol. The van der Waals surface area contributed by atoms with Crippen LogP contribution in [0.3, 0.4) is 0 Å². The van der Waals surface area contributed by atoms with Crippen molar-refractivity contribution in [1.82, 2.24) is 35.6 Å². The van der Waals surface area contributed by atoms with E-state index >= 15 is 0 Å². The molecule has 2 aliphatic rings. The Hall–Kier alpha value is -7.43. The number of likely N-dealkylation sites (N-methyl/N-ethyl adjacent to an activating group) is 2. The number of benzene rings is 2. The summed E-state index contributed by atoms with van der Waals surface area (Å²) in [6.07, 6.45) is -5.85. The molecule has 2 saturated heterocycles. The first kappa shape index (κ1) is 77.8. The highest BCUT2D eigenvalue weighted by molar-refractivity contribution is 5.99. The third-order valence-electron chi connectivity index (χ3n) is 16.7. The molecule has 25 nitrogen and oxygen atoms in total. The molecule has 2 aromatic carbocycles. The summed E-state index contributed by atoms with van der Waals surface area (Å²) in [6.45, 7) is 18.7. The molecule has 0 unspecified atom stereocenters. The minimum Gasteiger partial charge on any atom is -0.475 e. The second kappa shape index (κ2) is 36.0. The van der Waals surface area contributed by atoms with Gasteiger partial charge in [-0.25, -0.2) is 9.59 Å². The van der Waals surface area contributed by atoms with Gasteiger partial charge in [-0.1, -0.05) is 111 Å². The second-order valence-electron chi connectivity index (χ2n) is 24.5. The van der Waals surface area contributed by atoms with E-state index in [-0.39, 0.29) is 49.6 Å². The van der Waals surface area contributed by atoms with E-state index in [1.807, 2.05) is 45.9 Å². The normalized spacial score (nSPS) is 18.6. The Labute approximate surface area is 531 Å². The molecule has 2 aromatic rings. The third-order valence-corrected chi connectivity index (χ3v) is 16.7. The number of nitrogens with one attached hydrogen (secondary N) is 4. The molecule has 13 atom stereocenters. The smallest absolute Gasteiger partial charge is 0.475 e. The van der Waals surface area contributed by atoms with Crippen molar-refractivity contribution in [2.45, 2.75) is 194 Å². The molecule has 0 saturated carbocycles. The quantitative estimate of drug-likeness (QED) is 0.0534. The number of carboxylic acids is 1. The molecular weight excluding hydrogens is 1190 g/mol. The van der Waals surface area contributed by atoms with Gasteiger partial charge in [-0.15, -0.1) is 0 Å². The number of carbonyl (C=O) groups excluding carboxylic acids is 9. The van der Waals surface area contributed by atoms with Gasteiger partial charge in [0.25, 0.3) is 0 Å². The van der Waals surface area contributed by atoms with Crippen molar-refractivity contribution in [2.75, 3.05) is 46.7 Å². The number of anilines is 1. The van der Waals surface area contributed by atoms with Crippen molar-refractivity contribution >= 4 is 65.0 Å². The third kappa shape index (κ3) is 22.1. The van der Waals surface area contributed by atoms with Crippen LogP contribution in [0, 0.1) is 29.6 Å². The van der Waals surface area contributed by atoms with Crippen molar-refractivity contribution in [3.05, 3.63) is 65.7 Å². The molecule has 9 amide bonds. The second-order valence-corrected chi connectivity index (χ2v) is 24.5. The number of aliphatic hydroxyl groups excluding tert-OH is 1. The van der Waals surface area contributed by atoms with E-state index in [4.69, 9.17) is 35.6 Å². The number of hydrogen-bond donors (Lipinski definition) is 8. The summed E-state index contributed by atoms with van der Waals surface area (Å²) in [5.74, 6) is -8.61. The number of aliphatic carboxylic acids is 1. The lowest BCUT2D eigenvalue weighted by atomic mass is 9.89. The Bertz CT molecular complexity index is 2760. The van der Waals surface area contributed by atoms with E-state index in [1.165, 1.54) is 31.1 Å². The molecule has 10 N–H and O–H groups in total. The molecule has 28 heteroatoms. The molecule has 91 heavy (non-hydrogen) atoms. The number of likely N-dealkylation sites (tertiary alicyclic amines) is 2. The summed E-state index contributed by atoms with van der Waals surface area (Å²) in [4.78, 5) is 137. The predicted molar refractivity (Wildman–Crippen MR) is 331 cm³/mol. The minimum atomic E-state index is -5.08. The van der Waals surface area contributed by atoms with Crippen LogP contribution >= 0.6 is 0 Å². The standard InChI is InChI=1S/C61H96N10O13.C2HF3O2/c1-15-37(8)52(46(82-13)32-48(73)70-29-19-23-44(70)54(83-14)38(9)55(75)64-39(10)53(74)41-21-17-16-18-22-41)68(11)60(80)50(35(4)5)67-58(78)51(36(6)7)69(12)61(81)84-33-40-25-27-42(28-26-40)65-57(77)49(34(2)3)66-56(76)45-24-20-30-71(45)59(79)43(62)31-47(63)72;3-2(4,5)1(6)7/h16-18,21-22,25-28,34-39,43-46,49-54,74H,15,19-20,23-24,29-33,62H2,1-14H3,(H2,63,72)(H,64,75)(H,65,77)(H,66,76)(H,67,78);(H,6,7)/t37-,38+,39+,43-,44-,45-,46+,49-,50-,51-,52-,53+,54+;/m0./s1. The Morgan fingerprint density at radius 3 is 1.81 bits per heavy atom. The zero-order valence-corrected chi connectivity index (χ0v) is 54.8. The summed E-state index contributed by atoms with van der Waals surface area (Å²) in [5, 5.41) is 29.5. The zero-order valence-electron chi connectivity index (χ0n) is 54.8. The van der Waals surface area contributed by atoms with Crippen LogP contribution in [0.5, 0.6) is 0 Å². The summed E-state index contributed by atoms with van der Waals surface area (Å²) in [5.41, 5.74) is 12.8. The lowest BCUT2D eigenvalue weighted by molar-refractivity contribution is -0.192. The molecule has 4 rings (SSSR count). The van der Waals surface area contributed by atoms with Crippen molar-refractivity contribution in [3.8, 4) is 0 Å². The van der Waals surface area contributed by atoms with Crippen LogP contribution in [0.2, 0.25) is 0 Å². The Kier molecular flexibility index (Phi) is 30.8. The number of nitrogens with zero attached hydrogens (tertiary/aromatic N) is 4. The maximum Gasteiger partial charge on any atom is 0.490 e. The number of methoxy groups -OCH3 is 2. The molecule has 510 valence electrons. The lowest BCUT2D eigenvalue weighted by Crippen LogP contribution is -2.60. The fraction of sp³-hybridized carbons (Fsp3) is 0.651. The van der Waals surface area contributed by atoms with Gasteiger partial charge in [0.1, 0.15) is 30.8 Å². The number of rotatable bonds is 30. The van der Waals surface area contributed by atoms with E-state index in [1.54, 1.807) is 94.8 Å². The van der Waals surface area contributed by atoms with Gasteiger partial charge in [0.15, 0.2) is 0 Å². The molecule has 2 fully saturated rings. The van der Waals surface area contributed by atoms with Crippen LogP contribution < -0.4 is 32.7 Å². The van der Waals surface area contributed by atoms with Crippen molar-refractivity contribution < 1.29 is 85.5 Å². The molecule has 0 bridgehead atoms. The molecular formula is C63H97F3N10O15. The van der Waals surface area contributed by atoms with Crippen LogP contribution in [0.15, 0.2) is 54.6 Å². The van der Waals surface area contributed by atoms with Crippen molar-refractivity contribution in [2.24, 2.45) is 41.1 Å². The van der Waals surface area contributed by atoms with E-state index < -0.39 is 138 Å². The SMILES string of the molecule is CC[C@H](C)[C@@H]([C@@H](CC(=O)N1CCC[C@H]1[C@H](OC)[C@@H](C)C(=O)N[C@H](C)[C@@H](O)c1ccccc1)OC)N(C)C(=O)[C@@H](NC(=O)[C@H](C(C)C)N(C)C(=O)OCc1ccc(NC(=O)[C@@H](NC(=O)[C@@H]2CCCN2C(=O)[C@@H](N)CC(N)=O)C(C)C)cc1)C(C)C.O=C(O)C(F)(F)F. The van der Waals surface area contributed by atoms with Gasteiger partial charge < -0.3 is 71.9 Å². The number of alkyl halides is 3. The largest absolute Gasteiger partial charge is 0.490 e. The van der Waals surface area contributed by atoms with Crippen LogP contribution in [0.1, 0.15) is 131 Å². The number of halogens is 3. The molecule has 2 heterocycles. The molecule has 0 radical (unpaired) electrons. The Morgan fingerprint density at radius 2 is 1.30 bits per heavy atom.